The zero-order chi connectivity index (χ0) is 21.4. The molecule has 7 nitrogen and oxygen atoms in total. The lowest BCUT2D eigenvalue weighted by Gasteiger charge is -2.42. The van der Waals surface area contributed by atoms with Gasteiger partial charge in [-0.25, -0.2) is 4.39 Å². The number of piperidine rings is 2. The summed E-state index contributed by atoms with van der Waals surface area (Å²) in [5, 5.41) is 22.1. The number of benzene rings is 1. The molecule has 4 atom stereocenters. The first-order valence-corrected chi connectivity index (χ1v) is 10.5. The molecule has 1 aromatic carbocycles. The number of fused-ring (bicyclic) bond motifs is 2. The Balaban J connectivity index is 1.32. The summed E-state index contributed by atoms with van der Waals surface area (Å²) in [5.74, 6) is 0.298. The lowest BCUT2D eigenvalue weighted by Crippen LogP contribution is -2.59. The number of phenols is 1. The molecule has 0 saturated carbocycles. The van der Waals surface area contributed by atoms with Crippen molar-refractivity contribution in [3.8, 4) is 34.0 Å². The molecule has 31 heavy (non-hydrogen) atoms. The summed E-state index contributed by atoms with van der Waals surface area (Å²) < 4.78 is 20.5. The van der Waals surface area contributed by atoms with Crippen LogP contribution in [-0.4, -0.2) is 44.6 Å². The van der Waals surface area contributed by atoms with E-state index < -0.39 is 12.3 Å². The lowest BCUT2D eigenvalue weighted by atomic mass is 9.84. The van der Waals surface area contributed by atoms with Gasteiger partial charge in [-0.2, -0.15) is 0 Å². The number of hydrogen-bond donors (Lipinski definition) is 3. The summed E-state index contributed by atoms with van der Waals surface area (Å²) >= 11 is 0. The number of alkyl halides is 1. The Bertz CT molecular complexity index is 1130. The molecule has 2 aromatic heterocycles. The average molecular weight is 422 g/mol. The number of nitrogens with zero attached hydrogens (tertiary/aromatic N) is 2. The molecule has 2 aliphatic heterocycles. The van der Waals surface area contributed by atoms with E-state index in [1.807, 2.05) is 0 Å². The summed E-state index contributed by atoms with van der Waals surface area (Å²) in [6, 6.07) is 11.8. The van der Waals surface area contributed by atoms with E-state index in [-0.39, 0.29) is 23.2 Å². The van der Waals surface area contributed by atoms with Crippen LogP contribution in [0.4, 0.5) is 4.39 Å². The predicted molar refractivity (Wildman–Crippen MR) is 114 cm³/mol. The smallest absolute Gasteiger partial charge is 0.248 e. The molecule has 0 amide bonds. The predicted octanol–water partition coefficient (Wildman–Crippen LogP) is 3.20. The highest BCUT2D eigenvalue weighted by Gasteiger charge is 2.41. The number of ether oxygens (including phenoxy) is 1. The summed E-state index contributed by atoms with van der Waals surface area (Å²) in [7, 11) is 0. The van der Waals surface area contributed by atoms with Crippen molar-refractivity contribution in [3.05, 3.63) is 59.0 Å². The Hall–Kier alpha value is -3.26. The largest absolute Gasteiger partial charge is 0.507 e. The van der Waals surface area contributed by atoms with Crippen LogP contribution in [0.25, 0.3) is 22.4 Å². The summed E-state index contributed by atoms with van der Waals surface area (Å²) in [4.78, 5) is 14.1. The number of halogens is 1. The molecule has 5 rings (SSSR count). The van der Waals surface area contributed by atoms with Gasteiger partial charge in [-0.05, 0) is 48.2 Å². The van der Waals surface area contributed by atoms with E-state index in [1.54, 1.807) is 42.6 Å². The van der Waals surface area contributed by atoms with Crippen LogP contribution in [0.15, 0.2) is 53.5 Å². The van der Waals surface area contributed by atoms with Crippen LogP contribution in [0, 0.1) is 0 Å². The lowest BCUT2D eigenvalue weighted by molar-refractivity contribution is 0.00652. The maximum absolute atomic E-state index is 14.7. The fourth-order valence-corrected chi connectivity index (χ4v) is 4.51. The maximum Gasteiger partial charge on any atom is 0.248 e. The second-order valence-corrected chi connectivity index (χ2v) is 8.17. The van der Waals surface area contributed by atoms with Crippen molar-refractivity contribution in [1.82, 2.24) is 20.5 Å². The minimum absolute atomic E-state index is 0.0238. The number of H-pyrrole nitrogens is 1. The fraction of sp³-hybridized carbons (Fsp3) is 0.348. The number of hydrogen-bond acceptors (Lipinski definition) is 6. The number of rotatable bonds is 4. The van der Waals surface area contributed by atoms with E-state index in [0.717, 1.165) is 19.3 Å². The van der Waals surface area contributed by atoms with Gasteiger partial charge in [0.2, 0.25) is 11.4 Å². The number of nitrogens with one attached hydrogen (secondary N) is 2. The van der Waals surface area contributed by atoms with Gasteiger partial charge in [0, 0.05) is 42.4 Å². The van der Waals surface area contributed by atoms with E-state index in [0.29, 0.717) is 34.8 Å². The van der Waals surface area contributed by atoms with Crippen molar-refractivity contribution in [2.75, 3.05) is 0 Å². The molecule has 2 unspecified atom stereocenters. The molecule has 2 aliphatic rings. The second-order valence-electron chi connectivity index (χ2n) is 8.17. The van der Waals surface area contributed by atoms with Gasteiger partial charge in [-0.3, -0.25) is 4.79 Å². The monoisotopic (exact) mass is 422 g/mol. The highest BCUT2D eigenvalue weighted by atomic mass is 19.1. The van der Waals surface area contributed by atoms with Gasteiger partial charge in [-0.1, -0.05) is 12.5 Å². The minimum Gasteiger partial charge on any atom is -0.507 e. The van der Waals surface area contributed by atoms with Gasteiger partial charge in [0.25, 0.3) is 0 Å². The van der Waals surface area contributed by atoms with Crippen molar-refractivity contribution in [3.63, 3.8) is 0 Å². The Labute approximate surface area is 178 Å². The highest BCUT2D eigenvalue weighted by molar-refractivity contribution is 5.74. The zero-order valence-electron chi connectivity index (χ0n) is 16.8. The van der Waals surface area contributed by atoms with E-state index in [2.05, 4.69) is 20.5 Å². The molecule has 0 aliphatic carbocycles. The molecule has 160 valence electrons. The second kappa shape index (κ2) is 8.11. The molecule has 0 radical (unpaired) electrons. The van der Waals surface area contributed by atoms with Crippen molar-refractivity contribution >= 4 is 0 Å². The van der Waals surface area contributed by atoms with Crippen molar-refractivity contribution < 1.29 is 14.2 Å². The van der Waals surface area contributed by atoms with Crippen molar-refractivity contribution in [1.29, 1.82) is 0 Å². The number of aromatic amines is 1. The van der Waals surface area contributed by atoms with Gasteiger partial charge < -0.3 is 20.1 Å². The SMILES string of the molecule is O=c1cc(-c2ccc(-c3ccc(O[C@H]4CC5CCCC(N5)[C@@H]4F)nn3)c(O)c2)cc[nH]1. The zero-order valence-corrected chi connectivity index (χ0v) is 16.8. The van der Waals surface area contributed by atoms with Crippen LogP contribution >= 0.6 is 0 Å². The first-order chi connectivity index (χ1) is 15.1. The number of aromatic nitrogens is 3. The van der Waals surface area contributed by atoms with Gasteiger partial charge in [0.05, 0.1) is 5.69 Å². The Morgan fingerprint density at radius 2 is 1.94 bits per heavy atom. The van der Waals surface area contributed by atoms with Crippen molar-refractivity contribution in [2.45, 2.75) is 50.0 Å². The van der Waals surface area contributed by atoms with Crippen LogP contribution in [0.3, 0.4) is 0 Å². The summed E-state index contributed by atoms with van der Waals surface area (Å²) in [6.45, 7) is 0. The van der Waals surface area contributed by atoms with E-state index in [9.17, 15) is 14.3 Å². The van der Waals surface area contributed by atoms with Crippen LogP contribution in [0.1, 0.15) is 25.7 Å². The molecule has 8 heteroatoms. The van der Waals surface area contributed by atoms with Gasteiger partial charge in [0.15, 0.2) is 6.17 Å². The maximum atomic E-state index is 14.7. The standard InChI is InChI=1S/C23H23FN4O3/c24-23-18-3-1-2-15(26-18)12-20(23)31-22-7-6-17(27-28-22)16-5-4-13(10-19(16)29)14-8-9-25-21(30)11-14/h4-11,15,18,20,23,26,29H,1-3,12H2,(H,25,30)/t15?,18?,20-,23-/m0/s1. The molecule has 2 bridgehead atoms. The number of pyridine rings is 1. The van der Waals surface area contributed by atoms with E-state index in [1.165, 1.54) is 6.07 Å². The van der Waals surface area contributed by atoms with Crippen LogP contribution in [0.5, 0.6) is 11.6 Å². The summed E-state index contributed by atoms with van der Waals surface area (Å²) in [5.41, 5.74) is 2.18. The number of phenolic OH excluding ortho intramolecular Hbond substituents is 1. The third kappa shape index (κ3) is 4.03. The first kappa shape index (κ1) is 19.7. The van der Waals surface area contributed by atoms with Crippen molar-refractivity contribution in [2.24, 2.45) is 0 Å². The molecule has 0 spiro atoms. The van der Waals surface area contributed by atoms with Gasteiger partial charge >= 0.3 is 0 Å². The van der Waals surface area contributed by atoms with Crippen LogP contribution in [0.2, 0.25) is 0 Å². The van der Waals surface area contributed by atoms with E-state index >= 15 is 0 Å². The fourth-order valence-electron chi connectivity index (χ4n) is 4.51. The molecular formula is C23H23FN4O3. The first-order valence-electron chi connectivity index (χ1n) is 10.5. The molecule has 3 N–H and O–H groups in total. The summed E-state index contributed by atoms with van der Waals surface area (Å²) in [6.07, 6.45) is 3.50. The topological polar surface area (TPSA) is 100 Å². The highest BCUT2D eigenvalue weighted by Crippen LogP contribution is 2.33. The Kier molecular flexibility index (Phi) is 5.15. The Morgan fingerprint density at radius 3 is 2.71 bits per heavy atom. The molecule has 3 aromatic rings. The molecular weight excluding hydrogens is 399 g/mol. The molecule has 2 fully saturated rings. The minimum atomic E-state index is -1.07. The third-order valence-corrected chi connectivity index (χ3v) is 6.07. The van der Waals surface area contributed by atoms with Gasteiger partial charge in [0.1, 0.15) is 11.9 Å². The van der Waals surface area contributed by atoms with Crippen LogP contribution in [-0.2, 0) is 0 Å². The van der Waals surface area contributed by atoms with Crippen LogP contribution < -0.4 is 15.6 Å². The third-order valence-electron chi connectivity index (χ3n) is 6.07. The molecule has 2 saturated heterocycles. The quantitative estimate of drug-likeness (QED) is 0.597. The Morgan fingerprint density at radius 1 is 1.06 bits per heavy atom. The van der Waals surface area contributed by atoms with E-state index in [4.69, 9.17) is 4.74 Å². The average Bonchev–Trinajstić information content (AvgIpc) is 2.78. The molecule has 4 heterocycles. The van der Waals surface area contributed by atoms with Gasteiger partial charge in [-0.15, -0.1) is 10.2 Å². The normalized spacial score (nSPS) is 25.2. The number of aromatic hydroxyl groups is 1.